The number of benzene rings is 1. The predicted molar refractivity (Wildman–Crippen MR) is 68.5 cm³/mol. The highest BCUT2D eigenvalue weighted by atomic mass is 16.6. The van der Waals surface area contributed by atoms with Crippen LogP contribution in [0.5, 0.6) is 5.75 Å². The Morgan fingerprint density at radius 3 is 2.39 bits per heavy atom. The van der Waals surface area contributed by atoms with Gasteiger partial charge in [0.2, 0.25) is 0 Å². The third kappa shape index (κ3) is 4.75. The molecule has 0 aliphatic carbocycles. The van der Waals surface area contributed by atoms with Crippen LogP contribution in [0.25, 0.3) is 0 Å². The highest BCUT2D eigenvalue weighted by Gasteiger charge is 2.22. The highest BCUT2D eigenvalue weighted by Crippen LogP contribution is 2.14. The fourth-order valence-electron chi connectivity index (χ4n) is 1.60. The van der Waals surface area contributed by atoms with Crippen molar-refractivity contribution in [1.82, 2.24) is 0 Å². The molecule has 0 saturated carbocycles. The molecule has 0 saturated heterocycles. The standard InChI is InChI=1S/C14H20O4/c1-4-17-14(16)13(18-10(2)3)9-11-5-7-12(15)8-6-11/h5-8,10,13,15H,4,9H2,1-3H3/t13-/m0/s1. The number of esters is 1. The quantitative estimate of drug-likeness (QED) is 0.789. The zero-order valence-corrected chi connectivity index (χ0v) is 11.1. The molecule has 1 atom stereocenters. The number of hydrogen-bond acceptors (Lipinski definition) is 4. The van der Waals surface area contributed by atoms with Crippen LogP contribution in [0.15, 0.2) is 24.3 Å². The van der Waals surface area contributed by atoms with E-state index >= 15 is 0 Å². The van der Waals surface area contributed by atoms with E-state index in [-0.39, 0.29) is 17.8 Å². The topological polar surface area (TPSA) is 55.8 Å². The first-order chi connectivity index (χ1) is 8.52. The molecule has 0 aromatic heterocycles. The van der Waals surface area contributed by atoms with Crippen molar-refractivity contribution < 1.29 is 19.4 Å². The Kier molecular flexibility index (Phi) is 5.65. The van der Waals surface area contributed by atoms with Crippen LogP contribution in [-0.4, -0.2) is 29.9 Å². The SMILES string of the molecule is CCOC(=O)[C@H](Cc1ccc(O)cc1)OC(C)C. The molecular formula is C14H20O4. The van der Waals surface area contributed by atoms with Gasteiger partial charge in [0.05, 0.1) is 12.7 Å². The summed E-state index contributed by atoms with van der Waals surface area (Å²) in [5, 5.41) is 9.21. The molecule has 4 nitrogen and oxygen atoms in total. The van der Waals surface area contributed by atoms with Crippen LogP contribution in [0.1, 0.15) is 26.3 Å². The van der Waals surface area contributed by atoms with Gasteiger partial charge < -0.3 is 14.6 Å². The van der Waals surface area contributed by atoms with Gasteiger partial charge in [-0.15, -0.1) is 0 Å². The lowest BCUT2D eigenvalue weighted by atomic mass is 10.1. The lowest BCUT2D eigenvalue weighted by Crippen LogP contribution is -2.31. The van der Waals surface area contributed by atoms with Crippen molar-refractivity contribution in [2.24, 2.45) is 0 Å². The van der Waals surface area contributed by atoms with Crippen molar-refractivity contribution in [2.45, 2.75) is 39.4 Å². The maximum atomic E-state index is 11.8. The van der Waals surface area contributed by atoms with E-state index in [1.54, 1.807) is 31.2 Å². The minimum atomic E-state index is -0.602. The predicted octanol–water partition coefficient (Wildman–Crippen LogP) is 2.29. The number of aromatic hydroxyl groups is 1. The summed E-state index contributed by atoms with van der Waals surface area (Å²) in [5.41, 5.74) is 0.923. The van der Waals surface area contributed by atoms with E-state index in [2.05, 4.69) is 0 Å². The maximum absolute atomic E-state index is 11.8. The van der Waals surface area contributed by atoms with Crippen LogP contribution in [0.3, 0.4) is 0 Å². The molecule has 1 aromatic rings. The first kappa shape index (κ1) is 14.5. The molecule has 0 heterocycles. The molecule has 0 aliphatic heterocycles. The summed E-state index contributed by atoms with van der Waals surface area (Å²) in [7, 11) is 0. The molecule has 0 fully saturated rings. The van der Waals surface area contributed by atoms with Gasteiger partial charge >= 0.3 is 5.97 Å². The first-order valence-electron chi connectivity index (χ1n) is 6.13. The van der Waals surface area contributed by atoms with E-state index in [1.165, 1.54) is 0 Å². The third-order valence-corrected chi connectivity index (χ3v) is 2.34. The molecular weight excluding hydrogens is 232 g/mol. The van der Waals surface area contributed by atoms with Gasteiger partial charge in [-0.3, -0.25) is 0 Å². The summed E-state index contributed by atoms with van der Waals surface area (Å²) in [6.45, 7) is 5.86. The Morgan fingerprint density at radius 2 is 1.89 bits per heavy atom. The Balaban J connectivity index is 2.71. The van der Waals surface area contributed by atoms with Gasteiger partial charge in [-0.1, -0.05) is 12.1 Å². The number of rotatable bonds is 6. The van der Waals surface area contributed by atoms with E-state index in [0.29, 0.717) is 13.0 Å². The molecule has 100 valence electrons. The van der Waals surface area contributed by atoms with E-state index in [9.17, 15) is 9.90 Å². The Bertz CT molecular complexity index is 370. The Hall–Kier alpha value is -1.55. The van der Waals surface area contributed by atoms with Crippen LogP contribution in [0, 0.1) is 0 Å². The normalized spacial score (nSPS) is 12.4. The van der Waals surface area contributed by atoms with Crippen LogP contribution in [0.4, 0.5) is 0 Å². The summed E-state index contributed by atoms with van der Waals surface area (Å²) in [6, 6.07) is 6.72. The smallest absolute Gasteiger partial charge is 0.335 e. The highest BCUT2D eigenvalue weighted by molar-refractivity contribution is 5.75. The molecule has 1 aromatic carbocycles. The summed E-state index contributed by atoms with van der Waals surface area (Å²) in [4.78, 5) is 11.8. The van der Waals surface area contributed by atoms with E-state index in [0.717, 1.165) is 5.56 Å². The van der Waals surface area contributed by atoms with Crippen molar-refractivity contribution in [3.05, 3.63) is 29.8 Å². The van der Waals surface area contributed by atoms with E-state index in [4.69, 9.17) is 9.47 Å². The minimum Gasteiger partial charge on any atom is -0.508 e. The van der Waals surface area contributed by atoms with Gasteiger partial charge in [0.15, 0.2) is 6.10 Å². The first-order valence-corrected chi connectivity index (χ1v) is 6.13. The minimum absolute atomic E-state index is 0.0449. The summed E-state index contributed by atoms with van der Waals surface area (Å²) < 4.78 is 10.5. The second-order valence-electron chi connectivity index (χ2n) is 4.30. The van der Waals surface area contributed by atoms with Crippen molar-refractivity contribution in [1.29, 1.82) is 0 Å². The molecule has 0 amide bonds. The van der Waals surface area contributed by atoms with Gasteiger partial charge in [-0.25, -0.2) is 4.79 Å². The van der Waals surface area contributed by atoms with Gasteiger partial charge in [-0.2, -0.15) is 0 Å². The zero-order valence-electron chi connectivity index (χ0n) is 11.1. The average Bonchev–Trinajstić information content (AvgIpc) is 2.31. The fourth-order valence-corrected chi connectivity index (χ4v) is 1.60. The molecule has 0 unspecified atom stereocenters. The Morgan fingerprint density at radius 1 is 1.28 bits per heavy atom. The molecule has 0 spiro atoms. The van der Waals surface area contributed by atoms with Crippen LogP contribution >= 0.6 is 0 Å². The van der Waals surface area contributed by atoms with E-state index in [1.807, 2.05) is 13.8 Å². The molecule has 1 N–H and O–H groups in total. The zero-order chi connectivity index (χ0) is 13.5. The average molecular weight is 252 g/mol. The molecule has 4 heteroatoms. The number of hydrogen-bond donors (Lipinski definition) is 1. The van der Waals surface area contributed by atoms with Crippen molar-refractivity contribution in [3.8, 4) is 5.75 Å². The number of phenols is 1. The van der Waals surface area contributed by atoms with Crippen molar-refractivity contribution in [2.75, 3.05) is 6.61 Å². The van der Waals surface area contributed by atoms with Gasteiger partial charge in [0.1, 0.15) is 5.75 Å². The van der Waals surface area contributed by atoms with Crippen LogP contribution in [0.2, 0.25) is 0 Å². The number of phenolic OH excluding ortho intramolecular Hbond substituents is 1. The summed E-state index contributed by atoms with van der Waals surface area (Å²) >= 11 is 0. The lowest BCUT2D eigenvalue weighted by molar-refractivity contribution is -0.159. The summed E-state index contributed by atoms with van der Waals surface area (Å²) in [6.07, 6.45) is -0.205. The molecule has 0 bridgehead atoms. The number of carbonyl (C=O) groups is 1. The fraction of sp³-hybridized carbons (Fsp3) is 0.500. The van der Waals surface area contributed by atoms with Crippen molar-refractivity contribution >= 4 is 5.97 Å². The number of carbonyl (C=O) groups excluding carboxylic acids is 1. The maximum Gasteiger partial charge on any atom is 0.335 e. The number of ether oxygens (including phenoxy) is 2. The van der Waals surface area contributed by atoms with Crippen LogP contribution in [-0.2, 0) is 20.7 Å². The second kappa shape index (κ2) is 7.01. The van der Waals surface area contributed by atoms with Gasteiger partial charge in [-0.05, 0) is 38.5 Å². The summed E-state index contributed by atoms with van der Waals surface area (Å²) in [5.74, 6) is -0.143. The molecule has 0 aliphatic rings. The molecule has 0 radical (unpaired) electrons. The van der Waals surface area contributed by atoms with Gasteiger partial charge in [0.25, 0.3) is 0 Å². The van der Waals surface area contributed by atoms with Crippen molar-refractivity contribution in [3.63, 3.8) is 0 Å². The third-order valence-electron chi connectivity index (χ3n) is 2.34. The van der Waals surface area contributed by atoms with Crippen LogP contribution < -0.4 is 0 Å². The second-order valence-corrected chi connectivity index (χ2v) is 4.30. The molecule has 1 rings (SSSR count). The monoisotopic (exact) mass is 252 g/mol. The molecule has 18 heavy (non-hydrogen) atoms. The largest absolute Gasteiger partial charge is 0.508 e. The van der Waals surface area contributed by atoms with E-state index < -0.39 is 6.10 Å². The van der Waals surface area contributed by atoms with Gasteiger partial charge in [0, 0.05) is 6.42 Å². The lowest BCUT2D eigenvalue weighted by Gasteiger charge is -2.19. The Labute approximate surface area is 108 Å².